The number of carbonyl (C=O) groups excluding carboxylic acids is 2. The van der Waals surface area contributed by atoms with Crippen molar-refractivity contribution in [3.05, 3.63) is 83.4 Å². The van der Waals surface area contributed by atoms with Crippen LogP contribution in [0.5, 0.6) is 0 Å². The van der Waals surface area contributed by atoms with Crippen molar-refractivity contribution in [2.45, 2.75) is 9.79 Å². The quantitative estimate of drug-likeness (QED) is 0.518. The summed E-state index contributed by atoms with van der Waals surface area (Å²) < 4.78 is 31.7. The maximum Gasteiger partial charge on any atom is 0.255 e. The van der Waals surface area contributed by atoms with E-state index in [4.69, 9.17) is 4.74 Å². The largest absolute Gasteiger partial charge is 0.378 e. The third kappa shape index (κ3) is 3.37. The number of fused-ring (bicyclic) bond motifs is 2. The molecule has 32 heavy (non-hydrogen) atoms. The maximum atomic E-state index is 13.1. The van der Waals surface area contributed by atoms with E-state index in [0.717, 1.165) is 5.69 Å². The Balaban J connectivity index is 1.49. The van der Waals surface area contributed by atoms with Crippen LogP contribution in [0, 0.1) is 0 Å². The highest BCUT2D eigenvalue weighted by Crippen LogP contribution is 2.35. The van der Waals surface area contributed by atoms with Crippen LogP contribution in [-0.4, -0.2) is 46.4 Å². The second-order valence-electron chi connectivity index (χ2n) is 7.61. The topological polar surface area (TPSA) is 92.8 Å². The van der Waals surface area contributed by atoms with Gasteiger partial charge in [0.25, 0.3) is 5.91 Å². The molecule has 0 aliphatic carbocycles. The van der Waals surface area contributed by atoms with Gasteiger partial charge in [-0.05, 0) is 42.5 Å². The van der Waals surface area contributed by atoms with E-state index in [1.807, 2.05) is 18.2 Å². The highest BCUT2D eigenvalue weighted by Gasteiger charge is 2.35. The Labute approximate surface area is 185 Å². The summed E-state index contributed by atoms with van der Waals surface area (Å²) in [7, 11) is -3.91. The van der Waals surface area contributed by atoms with Crippen LogP contribution >= 0.6 is 0 Å². The van der Waals surface area contributed by atoms with Crippen LogP contribution in [0.1, 0.15) is 26.3 Å². The Bertz CT molecular complexity index is 1340. The Morgan fingerprint density at radius 2 is 1.56 bits per heavy atom. The molecule has 0 saturated carbocycles. The molecule has 2 aliphatic heterocycles. The van der Waals surface area contributed by atoms with Gasteiger partial charge < -0.3 is 15.0 Å². The standard InChI is InChI=1S/C24H20N2O5S/c27-23-17-5-1-4-8-21(17)32(29,30)22-15-16(9-10-18(22)23)24(28)25-19-6-2-3-7-20(19)26-11-13-31-14-12-26/h1-10,15H,11-14H2,(H,25,28). The SMILES string of the molecule is O=C(Nc1ccccc1N1CCOCC1)c1ccc2c(c1)S(=O)(=O)c1ccccc1C2=O. The van der Waals surface area contributed by atoms with Crippen molar-refractivity contribution in [1.82, 2.24) is 0 Å². The summed E-state index contributed by atoms with van der Waals surface area (Å²) in [4.78, 5) is 27.8. The van der Waals surface area contributed by atoms with Gasteiger partial charge in [0.2, 0.25) is 9.84 Å². The first-order chi connectivity index (χ1) is 15.5. The number of rotatable bonds is 3. The van der Waals surface area contributed by atoms with Crippen LogP contribution in [0.4, 0.5) is 11.4 Å². The monoisotopic (exact) mass is 448 g/mol. The summed E-state index contributed by atoms with van der Waals surface area (Å²) in [5.74, 6) is -0.815. The summed E-state index contributed by atoms with van der Waals surface area (Å²) in [5.41, 5.74) is 1.89. The van der Waals surface area contributed by atoms with E-state index >= 15 is 0 Å². The van der Waals surface area contributed by atoms with E-state index in [0.29, 0.717) is 32.0 Å². The first kappa shape index (κ1) is 20.4. The van der Waals surface area contributed by atoms with Gasteiger partial charge in [0.1, 0.15) is 0 Å². The fraction of sp³-hybridized carbons (Fsp3) is 0.167. The molecule has 8 heteroatoms. The van der Waals surface area contributed by atoms with E-state index < -0.39 is 15.7 Å². The van der Waals surface area contributed by atoms with Crippen LogP contribution < -0.4 is 10.2 Å². The van der Waals surface area contributed by atoms with Gasteiger partial charge in [-0.2, -0.15) is 0 Å². The second kappa shape index (κ2) is 7.89. The fourth-order valence-corrected chi connectivity index (χ4v) is 5.76. The minimum Gasteiger partial charge on any atom is -0.378 e. The summed E-state index contributed by atoms with van der Waals surface area (Å²) in [6, 6.07) is 17.7. The molecule has 1 amide bonds. The molecule has 162 valence electrons. The number of para-hydroxylation sites is 2. The Hall–Kier alpha value is -3.49. The zero-order valence-corrected chi connectivity index (χ0v) is 17.9. The lowest BCUT2D eigenvalue weighted by atomic mass is 10.0. The maximum absolute atomic E-state index is 13.1. The number of ether oxygens (including phenoxy) is 1. The van der Waals surface area contributed by atoms with Gasteiger partial charge in [-0.25, -0.2) is 8.42 Å². The Morgan fingerprint density at radius 3 is 2.38 bits per heavy atom. The van der Waals surface area contributed by atoms with Crippen LogP contribution in [0.15, 0.2) is 76.5 Å². The summed E-state index contributed by atoms with van der Waals surface area (Å²) in [6.45, 7) is 2.65. The minimum absolute atomic E-state index is 0.0345. The summed E-state index contributed by atoms with van der Waals surface area (Å²) in [5, 5.41) is 2.89. The number of nitrogens with zero attached hydrogens (tertiary/aromatic N) is 1. The smallest absolute Gasteiger partial charge is 0.255 e. The van der Waals surface area contributed by atoms with Crippen LogP contribution in [0.25, 0.3) is 0 Å². The van der Waals surface area contributed by atoms with Gasteiger partial charge in [0.15, 0.2) is 5.78 Å². The molecule has 7 nitrogen and oxygen atoms in total. The van der Waals surface area contributed by atoms with E-state index in [2.05, 4.69) is 10.2 Å². The van der Waals surface area contributed by atoms with E-state index in [1.165, 1.54) is 30.3 Å². The lowest BCUT2D eigenvalue weighted by molar-refractivity contribution is 0.101. The fourth-order valence-electron chi connectivity index (χ4n) is 4.08. The molecule has 0 radical (unpaired) electrons. The van der Waals surface area contributed by atoms with Gasteiger partial charge in [0.05, 0.1) is 34.4 Å². The van der Waals surface area contributed by atoms with E-state index in [9.17, 15) is 18.0 Å². The minimum atomic E-state index is -3.91. The number of hydrogen-bond acceptors (Lipinski definition) is 6. The number of benzene rings is 3. The predicted octanol–water partition coefficient (Wildman–Crippen LogP) is 3.15. The van der Waals surface area contributed by atoms with Gasteiger partial charge in [-0.15, -0.1) is 0 Å². The van der Waals surface area contributed by atoms with Gasteiger partial charge in [-0.1, -0.05) is 24.3 Å². The molecule has 2 aliphatic rings. The average Bonchev–Trinajstić information content (AvgIpc) is 2.83. The number of morpholine rings is 1. The highest BCUT2D eigenvalue weighted by atomic mass is 32.2. The normalized spacial score (nSPS) is 16.8. The lowest BCUT2D eigenvalue weighted by Crippen LogP contribution is -2.36. The predicted molar refractivity (Wildman–Crippen MR) is 119 cm³/mol. The van der Waals surface area contributed by atoms with Gasteiger partial charge >= 0.3 is 0 Å². The number of anilines is 2. The lowest BCUT2D eigenvalue weighted by Gasteiger charge is -2.30. The average molecular weight is 449 g/mol. The van der Waals surface area contributed by atoms with Gasteiger partial charge in [0, 0.05) is 29.8 Å². The molecule has 5 rings (SSSR count). The second-order valence-corrected chi connectivity index (χ2v) is 9.50. The zero-order valence-electron chi connectivity index (χ0n) is 17.1. The molecular formula is C24H20N2O5S. The molecule has 1 fully saturated rings. The van der Waals surface area contributed by atoms with Crippen molar-refractivity contribution in [2.75, 3.05) is 36.5 Å². The number of nitrogens with one attached hydrogen (secondary N) is 1. The molecule has 0 atom stereocenters. The molecule has 3 aromatic carbocycles. The molecule has 0 unspecified atom stereocenters. The number of sulfone groups is 1. The molecule has 0 bridgehead atoms. The Kier molecular flexibility index (Phi) is 5.03. The van der Waals surface area contributed by atoms with Crippen molar-refractivity contribution in [3.8, 4) is 0 Å². The van der Waals surface area contributed by atoms with Crippen molar-refractivity contribution < 1.29 is 22.7 Å². The number of amides is 1. The van der Waals surface area contributed by atoms with E-state index in [-0.39, 0.29) is 32.3 Å². The van der Waals surface area contributed by atoms with Crippen LogP contribution in [0.2, 0.25) is 0 Å². The number of ketones is 1. The van der Waals surface area contributed by atoms with Crippen LogP contribution in [0.3, 0.4) is 0 Å². The first-order valence-corrected chi connectivity index (χ1v) is 11.7. The molecule has 0 aromatic heterocycles. The first-order valence-electron chi connectivity index (χ1n) is 10.2. The molecular weight excluding hydrogens is 428 g/mol. The summed E-state index contributed by atoms with van der Waals surface area (Å²) >= 11 is 0. The van der Waals surface area contributed by atoms with Crippen LogP contribution in [-0.2, 0) is 14.6 Å². The molecule has 3 aromatic rings. The third-order valence-corrected chi connectivity index (χ3v) is 7.55. The molecule has 1 N–H and O–H groups in total. The number of carbonyl (C=O) groups is 2. The molecule has 0 spiro atoms. The van der Waals surface area contributed by atoms with Crippen molar-refractivity contribution in [2.24, 2.45) is 0 Å². The van der Waals surface area contributed by atoms with Crippen molar-refractivity contribution >= 4 is 32.9 Å². The van der Waals surface area contributed by atoms with Crippen molar-refractivity contribution in [1.29, 1.82) is 0 Å². The Morgan fingerprint density at radius 1 is 0.875 bits per heavy atom. The van der Waals surface area contributed by atoms with Crippen molar-refractivity contribution in [3.63, 3.8) is 0 Å². The van der Waals surface area contributed by atoms with Gasteiger partial charge in [-0.3, -0.25) is 9.59 Å². The highest BCUT2D eigenvalue weighted by molar-refractivity contribution is 7.91. The summed E-state index contributed by atoms with van der Waals surface area (Å²) in [6.07, 6.45) is 0. The molecule has 2 heterocycles. The third-order valence-electron chi connectivity index (χ3n) is 5.70. The zero-order chi connectivity index (χ0) is 22.3. The number of hydrogen-bond donors (Lipinski definition) is 1. The molecule has 1 saturated heterocycles. The van der Waals surface area contributed by atoms with E-state index in [1.54, 1.807) is 18.2 Å².